The van der Waals surface area contributed by atoms with Gasteiger partial charge in [0.15, 0.2) is 5.22 Å². The molecule has 1 aromatic carbocycles. The number of rotatable bonds is 3. The van der Waals surface area contributed by atoms with Gasteiger partial charge in [-0.1, -0.05) is 18.2 Å². The van der Waals surface area contributed by atoms with Gasteiger partial charge in [0, 0.05) is 11.6 Å². The largest absolute Gasteiger partial charge is 0.448 e. The van der Waals surface area contributed by atoms with Crippen LogP contribution in [0, 0.1) is 0 Å². The summed E-state index contributed by atoms with van der Waals surface area (Å²) in [6.07, 6.45) is 1.80. The zero-order chi connectivity index (χ0) is 13.2. The van der Waals surface area contributed by atoms with Gasteiger partial charge in [0.25, 0.3) is 0 Å². The second kappa shape index (κ2) is 5.03. The van der Waals surface area contributed by atoms with Crippen molar-refractivity contribution in [2.45, 2.75) is 6.04 Å². The first-order valence-corrected chi connectivity index (χ1v) is 6.43. The Morgan fingerprint density at radius 3 is 2.84 bits per heavy atom. The van der Waals surface area contributed by atoms with Gasteiger partial charge in [-0.2, -0.15) is 0 Å². The van der Waals surface area contributed by atoms with E-state index < -0.39 is 0 Å². The average Bonchev–Trinajstić information content (AvgIpc) is 2.86. The van der Waals surface area contributed by atoms with Crippen molar-refractivity contribution in [1.82, 2.24) is 10.3 Å². The molecule has 0 fully saturated rings. The molecule has 0 saturated heterocycles. The van der Waals surface area contributed by atoms with Gasteiger partial charge in [-0.15, -0.1) is 0 Å². The van der Waals surface area contributed by atoms with E-state index in [2.05, 4.69) is 28.5 Å². The van der Waals surface area contributed by atoms with Crippen molar-refractivity contribution in [3.63, 3.8) is 0 Å². The quantitative estimate of drug-likeness (QED) is 0.788. The Hall–Kier alpha value is -1.84. The molecule has 0 saturated carbocycles. The van der Waals surface area contributed by atoms with Crippen molar-refractivity contribution in [2.75, 3.05) is 7.05 Å². The maximum Gasteiger partial charge on any atom is 0.193 e. The number of fused-ring (bicyclic) bond motifs is 1. The zero-order valence-corrected chi connectivity index (χ0v) is 11.2. The summed E-state index contributed by atoms with van der Waals surface area (Å²) >= 11 is 5.84. The van der Waals surface area contributed by atoms with E-state index in [4.69, 9.17) is 16.0 Å². The lowest BCUT2D eigenvalue weighted by Gasteiger charge is -2.14. The van der Waals surface area contributed by atoms with E-state index in [-0.39, 0.29) is 6.04 Å². The van der Waals surface area contributed by atoms with Crippen LogP contribution in [0.5, 0.6) is 0 Å². The lowest BCUT2D eigenvalue weighted by molar-refractivity contribution is 0.465. The van der Waals surface area contributed by atoms with E-state index in [1.54, 1.807) is 12.3 Å². The fourth-order valence-electron chi connectivity index (χ4n) is 2.22. The molecular weight excluding hydrogens is 260 g/mol. The molecule has 3 nitrogen and oxygen atoms in total. The summed E-state index contributed by atoms with van der Waals surface area (Å²) in [5, 5.41) is 4.75. The summed E-state index contributed by atoms with van der Waals surface area (Å²) < 4.78 is 5.49. The Kier molecular flexibility index (Phi) is 3.23. The molecule has 0 bridgehead atoms. The summed E-state index contributed by atoms with van der Waals surface area (Å²) in [5.74, 6) is 0.794. The van der Waals surface area contributed by atoms with Crippen molar-refractivity contribution < 1.29 is 4.42 Å². The smallest absolute Gasteiger partial charge is 0.193 e. The van der Waals surface area contributed by atoms with Gasteiger partial charge in [-0.25, -0.2) is 0 Å². The van der Waals surface area contributed by atoms with Crippen LogP contribution in [0.2, 0.25) is 5.22 Å². The van der Waals surface area contributed by atoms with Crippen LogP contribution in [0.25, 0.3) is 10.9 Å². The molecule has 0 aliphatic rings. The third kappa shape index (κ3) is 2.35. The van der Waals surface area contributed by atoms with Crippen LogP contribution in [0.1, 0.15) is 17.4 Å². The Morgan fingerprint density at radius 2 is 2.11 bits per heavy atom. The van der Waals surface area contributed by atoms with E-state index in [1.165, 1.54) is 0 Å². The highest BCUT2D eigenvalue weighted by atomic mass is 35.5. The minimum Gasteiger partial charge on any atom is -0.448 e. The van der Waals surface area contributed by atoms with Gasteiger partial charge in [0.05, 0.1) is 11.6 Å². The van der Waals surface area contributed by atoms with Gasteiger partial charge in [0.2, 0.25) is 0 Å². The molecule has 2 aromatic heterocycles. The van der Waals surface area contributed by atoms with Gasteiger partial charge in [-0.05, 0) is 48.5 Å². The van der Waals surface area contributed by atoms with E-state index in [9.17, 15) is 0 Å². The van der Waals surface area contributed by atoms with Gasteiger partial charge < -0.3 is 9.73 Å². The Labute approximate surface area is 116 Å². The van der Waals surface area contributed by atoms with Crippen LogP contribution >= 0.6 is 11.6 Å². The summed E-state index contributed by atoms with van der Waals surface area (Å²) in [4.78, 5) is 4.37. The molecule has 1 N–H and O–H groups in total. The summed E-state index contributed by atoms with van der Waals surface area (Å²) in [6, 6.07) is 13.8. The Morgan fingerprint density at radius 1 is 1.21 bits per heavy atom. The van der Waals surface area contributed by atoms with E-state index in [0.717, 1.165) is 22.2 Å². The summed E-state index contributed by atoms with van der Waals surface area (Å²) in [6.45, 7) is 0. The second-order valence-corrected chi connectivity index (χ2v) is 4.69. The highest BCUT2D eigenvalue weighted by Gasteiger charge is 2.16. The van der Waals surface area contributed by atoms with Crippen molar-refractivity contribution >= 4 is 22.5 Å². The number of nitrogens with one attached hydrogen (secondary N) is 1. The molecule has 0 radical (unpaired) electrons. The molecule has 2 heterocycles. The summed E-state index contributed by atoms with van der Waals surface area (Å²) in [7, 11) is 1.89. The molecule has 3 rings (SSSR count). The van der Waals surface area contributed by atoms with Crippen LogP contribution in [-0.4, -0.2) is 12.0 Å². The second-order valence-electron chi connectivity index (χ2n) is 4.32. The summed E-state index contributed by atoms with van der Waals surface area (Å²) in [5.41, 5.74) is 2.07. The fourth-order valence-corrected chi connectivity index (χ4v) is 2.37. The van der Waals surface area contributed by atoms with Crippen LogP contribution in [-0.2, 0) is 0 Å². The number of nitrogens with zero attached hydrogens (tertiary/aromatic N) is 1. The molecule has 0 spiro atoms. The number of aromatic nitrogens is 1. The maximum atomic E-state index is 5.84. The minimum absolute atomic E-state index is 0.0288. The molecule has 0 aliphatic heterocycles. The lowest BCUT2D eigenvalue weighted by Crippen LogP contribution is -2.16. The topological polar surface area (TPSA) is 38.1 Å². The number of hydrogen-bond donors (Lipinski definition) is 1. The number of benzene rings is 1. The standard InChI is InChI=1S/C15H13ClN2O/c1-17-15(13-6-7-14(16)19-13)11-5-4-10-3-2-8-18-12(10)9-11/h2-9,15,17H,1H3. The predicted octanol–water partition coefficient (Wildman–Crippen LogP) is 3.79. The number of pyridine rings is 1. The first-order chi connectivity index (χ1) is 9.28. The highest BCUT2D eigenvalue weighted by molar-refractivity contribution is 6.28. The molecule has 4 heteroatoms. The number of furan rings is 1. The fraction of sp³-hybridized carbons (Fsp3) is 0.133. The zero-order valence-electron chi connectivity index (χ0n) is 10.4. The third-order valence-corrected chi connectivity index (χ3v) is 3.33. The normalized spacial score (nSPS) is 12.7. The SMILES string of the molecule is CNC(c1ccc2cccnc2c1)c1ccc(Cl)o1. The first kappa shape index (κ1) is 12.2. The molecule has 3 aromatic rings. The number of hydrogen-bond acceptors (Lipinski definition) is 3. The third-order valence-electron chi connectivity index (χ3n) is 3.13. The van der Waals surface area contributed by atoms with Crippen molar-refractivity contribution in [3.8, 4) is 0 Å². The van der Waals surface area contributed by atoms with Crippen molar-refractivity contribution in [3.05, 3.63) is 65.2 Å². The monoisotopic (exact) mass is 272 g/mol. The Balaban J connectivity index is 2.06. The number of halogens is 1. The molecule has 1 atom stereocenters. The van der Waals surface area contributed by atoms with Gasteiger partial charge >= 0.3 is 0 Å². The molecule has 19 heavy (non-hydrogen) atoms. The Bertz CT molecular complexity index is 708. The molecular formula is C15H13ClN2O. The average molecular weight is 273 g/mol. The highest BCUT2D eigenvalue weighted by Crippen LogP contribution is 2.27. The van der Waals surface area contributed by atoms with Gasteiger partial charge in [0.1, 0.15) is 5.76 Å². The van der Waals surface area contributed by atoms with Crippen molar-refractivity contribution in [2.24, 2.45) is 0 Å². The maximum absolute atomic E-state index is 5.84. The van der Waals surface area contributed by atoms with Crippen LogP contribution in [0.4, 0.5) is 0 Å². The van der Waals surface area contributed by atoms with E-state index in [0.29, 0.717) is 5.22 Å². The predicted molar refractivity (Wildman–Crippen MR) is 76.4 cm³/mol. The van der Waals surface area contributed by atoms with Crippen molar-refractivity contribution in [1.29, 1.82) is 0 Å². The van der Waals surface area contributed by atoms with Crippen LogP contribution < -0.4 is 5.32 Å². The molecule has 0 amide bonds. The molecule has 1 unspecified atom stereocenters. The molecule has 0 aliphatic carbocycles. The molecule has 96 valence electrons. The first-order valence-electron chi connectivity index (χ1n) is 6.05. The van der Waals surface area contributed by atoms with E-state index >= 15 is 0 Å². The van der Waals surface area contributed by atoms with E-state index in [1.807, 2.05) is 25.2 Å². The minimum atomic E-state index is -0.0288. The lowest BCUT2D eigenvalue weighted by atomic mass is 10.0. The van der Waals surface area contributed by atoms with Gasteiger partial charge in [-0.3, -0.25) is 4.98 Å². The van der Waals surface area contributed by atoms with Crippen LogP contribution in [0.3, 0.4) is 0 Å². The van der Waals surface area contributed by atoms with Crippen LogP contribution in [0.15, 0.2) is 53.1 Å².